The zero-order valence-electron chi connectivity index (χ0n) is 17.5. The van der Waals surface area contributed by atoms with Gasteiger partial charge in [-0.25, -0.2) is 0 Å². The lowest BCUT2D eigenvalue weighted by Gasteiger charge is -2.40. The second kappa shape index (κ2) is 10.8. The summed E-state index contributed by atoms with van der Waals surface area (Å²) in [5.74, 6) is 0. The Morgan fingerprint density at radius 1 is 1.00 bits per heavy atom. The molecule has 2 aromatic carbocycles. The topological polar surface area (TPSA) is 123 Å². The summed E-state index contributed by atoms with van der Waals surface area (Å²) in [6.07, 6.45) is -4.77. The van der Waals surface area contributed by atoms with Crippen molar-refractivity contribution in [2.24, 2.45) is 0 Å². The number of benzene rings is 2. The monoisotopic (exact) mass is 427 g/mol. The smallest absolute Gasteiger partial charge is 0.113 e. The standard InChI is InChI=1S/C24H29NO6/c1-2-30-10-9-15-3-5-16(6-4-15)11-19-12-17(7-8-18(19)13-25)24-23(29)22(28)21(27)20(14-26)31-24/h3-8,12,20-24,26-29H,2,9-11,14H2,1H3/t20-,21?,22?,23?,24+/m1/s1. The van der Waals surface area contributed by atoms with Crippen molar-refractivity contribution in [3.63, 3.8) is 0 Å². The minimum absolute atomic E-state index is 0.486. The van der Waals surface area contributed by atoms with Gasteiger partial charge in [-0.3, -0.25) is 0 Å². The fourth-order valence-electron chi connectivity index (χ4n) is 3.80. The summed E-state index contributed by atoms with van der Waals surface area (Å²) in [4.78, 5) is 0. The fourth-order valence-corrected chi connectivity index (χ4v) is 3.80. The molecule has 7 heteroatoms. The van der Waals surface area contributed by atoms with Gasteiger partial charge < -0.3 is 29.9 Å². The Morgan fingerprint density at radius 3 is 2.35 bits per heavy atom. The summed E-state index contributed by atoms with van der Waals surface area (Å²) in [7, 11) is 0. The molecule has 0 amide bonds. The van der Waals surface area contributed by atoms with Crippen LogP contribution in [0, 0.1) is 11.3 Å². The molecule has 7 nitrogen and oxygen atoms in total. The lowest BCUT2D eigenvalue weighted by Crippen LogP contribution is -2.55. The normalized spacial score (nSPS) is 25.9. The van der Waals surface area contributed by atoms with Crippen LogP contribution in [0.25, 0.3) is 0 Å². The van der Waals surface area contributed by atoms with Gasteiger partial charge >= 0.3 is 0 Å². The minimum Gasteiger partial charge on any atom is -0.394 e. The zero-order valence-corrected chi connectivity index (χ0v) is 17.5. The zero-order chi connectivity index (χ0) is 22.4. The summed E-state index contributed by atoms with van der Waals surface area (Å²) in [6, 6.07) is 15.4. The molecule has 1 aliphatic rings. The fraction of sp³-hybridized carbons (Fsp3) is 0.458. The third-order valence-corrected chi connectivity index (χ3v) is 5.63. The Hall–Kier alpha value is -2.31. The van der Waals surface area contributed by atoms with Crippen molar-refractivity contribution in [3.05, 3.63) is 70.3 Å². The van der Waals surface area contributed by atoms with Gasteiger partial charge in [0.25, 0.3) is 0 Å². The molecular weight excluding hydrogens is 398 g/mol. The Morgan fingerprint density at radius 2 is 1.71 bits per heavy atom. The second-order valence-electron chi connectivity index (χ2n) is 7.72. The number of rotatable bonds is 8. The van der Waals surface area contributed by atoms with E-state index in [1.165, 1.54) is 5.56 Å². The van der Waals surface area contributed by atoms with E-state index in [-0.39, 0.29) is 0 Å². The maximum absolute atomic E-state index is 10.4. The van der Waals surface area contributed by atoms with Crippen LogP contribution in [0.5, 0.6) is 0 Å². The largest absolute Gasteiger partial charge is 0.394 e. The van der Waals surface area contributed by atoms with Crippen LogP contribution in [0.1, 0.15) is 40.8 Å². The van der Waals surface area contributed by atoms with Gasteiger partial charge in [0.1, 0.15) is 30.5 Å². The van der Waals surface area contributed by atoms with Crippen molar-refractivity contribution >= 4 is 0 Å². The third-order valence-electron chi connectivity index (χ3n) is 5.63. The molecule has 31 heavy (non-hydrogen) atoms. The predicted octanol–water partition coefficient (Wildman–Crippen LogP) is 1.24. The summed E-state index contributed by atoms with van der Waals surface area (Å²) in [5.41, 5.74) is 4.04. The van der Waals surface area contributed by atoms with Crippen LogP contribution in [0.15, 0.2) is 42.5 Å². The average molecular weight is 427 g/mol. The van der Waals surface area contributed by atoms with Crippen LogP contribution in [-0.2, 0) is 22.3 Å². The van der Waals surface area contributed by atoms with Crippen molar-refractivity contribution in [1.29, 1.82) is 5.26 Å². The summed E-state index contributed by atoms with van der Waals surface area (Å²) in [5, 5.41) is 49.4. The molecule has 1 aliphatic heterocycles. The molecule has 4 N–H and O–H groups in total. The Balaban J connectivity index is 1.80. The molecule has 166 valence electrons. The predicted molar refractivity (Wildman–Crippen MR) is 113 cm³/mol. The number of nitrogens with zero attached hydrogens (tertiary/aromatic N) is 1. The van der Waals surface area contributed by atoms with E-state index in [4.69, 9.17) is 9.47 Å². The lowest BCUT2D eigenvalue weighted by molar-refractivity contribution is -0.231. The molecule has 1 heterocycles. The molecule has 3 unspecified atom stereocenters. The maximum Gasteiger partial charge on any atom is 0.113 e. The van der Waals surface area contributed by atoms with Crippen LogP contribution >= 0.6 is 0 Å². The highest BCUT2D eigenvalue weighted by Crippen LogP contribution is 2.33. The van der Waals surface area contributed by atoms with Gasteiger partial charge in [-0.2, -0.15) is 5.26 Å². The van der Waals surface area contributed by atoms with Crippen molar-refractivity contribution in [3.8, 4) is 6.07 Å². The van der Waals surface area contributed by atoms with Crippen molar-refractivity contribution < 1.29 is 29.9 Å². The van der Waals surface area contributed by atoms with Gasteiger partial charge in [0.15, 0.2) is 0 Å². The molecule has 0 spiro atoms. The molecule has 5 atom stereocenters. The number of ether oxygens (including phenoxy) is 2. The van der Waals surface area contributed by atoms with Gasteiger partial charge in [0.2, 0.25) is 0 Å². The van der Waals surface area contributed by atoms with Gasteiger partial charge in [-0.15, -0.1) is 0 Å². The van der Waals surface area contributed by atoms with Gasteiger partial charge in [0, 0.05) is 6.61 Å². The van der Waals surface area contributed by atoms with E-state index < -0.39 is 37.1 Å². The molecule has 0 aliphatic carbocycles. The summed E-state index contributed by atoms with van der Waals surface area (Å²) in [6.45, 7) is 2.85. The highest BCUT2D eigenvalue weighted by atomic mass is 16.5. The van der Waals surface area contributed by atoms with Crippen LogP contribution in [0.3, 0.4) is 0 Å². The highest BCUT2D eigenvalue weighted by Gasteiger charge is 2.44. The van der Waals surface area contributed by atoms with E-state index in [1.807, 2.05) is 31.2 Å². The van der Waals surface area contributed by atoms with E-state index in [0.29, 0.717) is 30.8 Å². The lowest BCUT2D eigenvalue weighted by atomic mass is 9.89. The van der Waals surface area contributed by atoms with Crippen molar-refractivity contribution in [2.75, 3.05) is 19.8 Å². The van der Waals surface area contributed by atoms with Crippen LogP contribution in [0.4, 0.5) is 0 Å². The molecule has 3 rings (SSSR count). The van der Waals surface area contributed by atoms with Crippen molar-refractivity contribution in [2.45, 2.75) is 50.3 Å². The first kappa shape index (κ1) is 23.4. The molecule has 2 aromatic rings. The molecular formula is C24H29NO6. The molecule has 1 fully saturated rings. The highest BCUT2D eigenvalue weighted by molar-refractivity contribution is 5.44. The SMILES string of the molecule is CCOCCc1ccc(Cc2cc([C@@H]3O[C@H](CO)C(O)C(O)C3O)ccc2C#N)cc1. The quantitative estimate of drug-likeness (QED) is 0.468. The molecule has 0 bridgehead atoms. The third kappa shape index (κ3) is 5.49. The number of hydrogen-bond acceptors (Lipinski definition) is 7. The molecule has 0 aromatic heterocycles. The van der Waals surface area contributed by atoms with E-state index in [9.17, 15) is 25.7 Å². The summed E-state index contributed by atoms with van der Waals surface area (Å²) < 4.78 is 11.0. The molecule has 0 saturated carbocycles. The van der Waals surface area contributed by atoms with E-state index in [0.717, 1.165) is 17.5 Å². The first-order valence-electron chi connectivity index (χ1n) is 10.5. The minimum atomic E-state index is -1.45. The van der Waals surface area contributed by atoms with Gasteiger partial charge in [-0.05, 0) is 48.1 Å². The molecule has 1 saturated heterocycles. The Kier molecular flexibility index (Phi) is 8.15. The van der Waals surface area contributed by atoms with Crippen molar-refractivity contribution in [1.82, 2.24) is 0 Å². The Labute approximate surface area is 182 Å². The van der Waals surface area contributed by atoms with Crippen LogP contribution in [-0.4, -0.2) is 64.7 Å². The first-order chi connectivity index (χ1) is 15.0. The van der Waals surface area contributed by atoms with E-state index in [1.54, 1.807) is 18.2 Å². The summed E-state index contributed by atoms with van der Waals surface area (Å²) >= 11 is 0. The van der Waals surface area contributed by atoms with Crippen LogP contribution in [0.2, 0.25) is 0 Å². The van der Waals surface area contributed by atoms with Gasteiger partial charge in [-0.1, -0.05) is 36.4 Å². The Bertz CT molecular complexity index is 892. The van der Waals surface area contributed by atoms with E-state index >= 15 is 0 Å². The number of aliphatic hydroxyl groups excluding tert-OH is 4. The number of hydrogen-bond donors (Lipinski definition) is 4. The maximum atomic E-state index is 10.4. The molecule has 0 radical (unpaired) electrons. The number of nitriles is 1. The second-order valence-corrected chi connectivity index (χ2v) is 7.72. The number of aliphatic hydroxyl groups is 4. The average Bonchev–Trinajstić information content (AvgIpc) is 2.79. The van der Waals surface area contributed by atoms with E-state index in [2.05, 4.69) is 6.07 Å². The first-order valence-corrected chi connectivity index (χ1v) is 10.5. The van der Waals surface area contributed by atoms with Crippen LogP contribution < -0.4 is 0 Å². The van der Waals surface area contributed by atoms with Gasteiger partial charge in [0.05, 0.1) is 24.8 Å².